The average molecular weight is 505 g/mol. The van der Waals surface area contributed by atoms with Crippen LogP contribution in [-0.4, -0.2) is 6.61 Å². The molecule has 0 amide bonds. The Hall–Kier alpha value is -2.28. The fourth-order valence-electron chi connectivity index (χ4n) is 2.96. The second-order valence-electron chi connectivity index (χ2n) is 6.91. The number of ether oxygens (including phenoxy) is 2. The second kappa shape index (κ2) is 9.96. The number of hydrogen-bond acceptors (Lipinski definition) is 3. The predicted molar refractivity (Wildman–Crippen MR) is 124 cm³/mol. The molecule has 0 saturated carbocycles. The first-order chi connectivity index (χ1) is 14.0. The van der Waals surface area contributed by atoms with E-state index in [4.69, 9.17) is 9.47 Å². The van der Waals surface area contributed by atoms with E-state index in [2.05, 4.69) is 66.0 Å². The SMILES string of the molecule is CCOc1cc(CNc2ccc(C)c(C)c2)cc(I)c1OCc1cccc(F)c1. The van der Waals surface area contributed by atoms with Crippen LogP contribution in [0, 0.1) is 23.2 Å². The molecule has 3 nitrogen and oxygen atoms in total. The molecule has 0 spiro atoms. The molecule has 0 fully saturated rings. The summed E-state index contributed by atoms with van der Waals surface area (Å²) in [6.45, 7) is 7.68. The van der Waals surface area contributed by atoms with Crippen molar-refractivity contribution in [1.29, 1.82) is 0 Å². The third-order valence-electron chi connectivity index (χ3n) is 4.64. The Labute approximate surface area is 185 Å². The molecule has 0 aliphatic carbocycles. The lowest BCUT2D eigenvalue weighted by Crippen LogP contribution is -2.05. The molecular formula is C24H25FINO2. The Bertz CT molecular complexity index is 991. The van der Waals surface area contributed by atoms with Crippen LogP contribution in [0.2, 0.25) is 0 Å². The fraction of sp³-hybridized carbons (Fsp3) is 0.250. The first-order valence-corrected chi connectivity index (χ1v) is 10.7. The van der Waals surface area contributed by atoms with E-state index in [0.717, 1.165) is 20.4 Å². The van der Waals surface area contributed by atoms with Gasteiger partial charge in [0.15, 0.2) is 11.5 Å². The Kier molecular flexibility index (Phi) is 7.36. The zero-order valence-electron chi connectivity index (χ0n) is 16.9. The van der Waals surface area contributed by atoms with Crippen molar-refractivity contribution in [2.45, 2.75) is 33.9 Å². The topological polar surface area (TPSA) is 30.5 Å². The summed E-state index contributed by atoms with van der Waals surface area (Å²) in [5, 5.41) is 3.47. The van der Waals surface area contributed by atoms with E-state index in [0.29, 0.717) is 24.7 Å². The van der Waals surface area contributed by atoms with E-state index in [-0.39, 0.29) is 12.4 Å². The zero-order valence-corrected chi connectivity index (χ0v) is 19.0. The summed E-state index contributed by atoms with van der Waals surface area (Å²) in [7, 11) is 0. The maximum Gasteiger partial charge on any atom is 0.174 e. The lowest BCUT2D eigenvalue weighted by molar-refractivity contribution is 0.267. The van der Waals surface area contributed by atoms with Crippen molar-refractivity contribution < 1.29 is 13.9 Å². The van der Waals surface area contributed by atoms with E-state index in [9.17, 15) is 4.39 Å². The van der Waals surface area contributed by atoms with Gasteiger partial charge in [-0.15, -0.1) is 0 Å². The summed E-state index contributed by atoms with van der Waals surface area (Å²) in [4.78, 5) is 0. The molecule has 29 heavy (non-hydrogen) atoms. The van der Waals surface area contributed by atoms with Gasteiger partial charge in [0.2, 0.25) is 0 Å². The molecule has 0 atom stereocenters. The van der Waals surface area contributed by atoms with E-state index < -0.39 is 0 Å². The summed E-state index contributed by atoms with van der Waals surface area (Å²) in [6.07, 6.45) is 0. The van der Waals surface area contributed by atoms with Gasteiger partial charge in [0, 0.05) is 12.2 Å². The van der Waals surface area contributed by atoms with Crippen molar-refractivity contribution in [3.63, 3.8) is 0 Å². The van der Waals surface area contributed by atoms with Crippen LogP contribution in [0.15, 0.2) is 54.6 Å². The maximum absolute atomic E-state index is 13.4. The summed E-state index contributed by atoms with van der Waals surface area (Å²) in [6, 6.07) is 16.9. The summed E-state index contributed by atoms with van der Waals surface area (Å²) in [5.41, 5.74) is 5.52. The van der Waals surface area contributed by atoms with Gasteiger partial charge < -0.3 is 14.8 Å². The van der Waals surface area contributed by atoms with Crippen LogP contribution in [0.5, 0.6) is 11.5 Å². The number of halogens is 2. The largest absolute Gasteiger partial charge is 0.490 e. The normalized spacial score (nSPS) is 10.7. The predicted octanol–water partition coefficient (Wildman–Crippen LogP) is 6.64. The fourth-order valence-corrected chi connectivity index (χ4v) is 3.79. The number of aryl methyl sites for hydroxylation is 2. The molecular weight excluding hydrogens is 480 g/mol. The van der Waals surface area contributed by atoms with Gasteiger partial charge in [-0.25, -0.2) is 4.39 Å². The molecule has 0 unspecified atom stereocenters. The summed E-state index contributed by atoms with van der Waals surface area (Å²) in [5.74, 6) is 1.12. The van der Waals surface area contributed by atoms with Gasteiger partial charge in [0.1, 0.15) is 12.4 Å². The van der Waals surface area contributed by atoms with Gasteiger partial charge in [-0.1, -0.05) is 18.2 Å². The van der Waals surface area contributed by atoms with Crippen LogP contribution >= 0.6 is 22.6 Å². The monoisotopic (exact) mass is 505 g/mol. The number of rotatable bonds is 8. The minimum atomic E-state index is -0.265. The molecule has 3 rings (SSSR count). The standard InChI is InChI=1S/C24H25FINO2/c1-4-28-23-13-19(14-27-21-9-8-16(2)17(3)10-21)12-22(26)24(23)29-15-18-6-5-7-20(25)11-18/h5-13,27H,4,14-15H2,1-3H3. The molecule has 1 N–H and O–H groups in total. The van der Waals surface area contributed by atoms with Gasteiger partial charge in [-0.05, 0) is 102 Å². The van der Waals surface area contributed by atoms with Gasteiger partial charge in [-0.3, -0.25) is 0 Å². The zero-order chi connectivity index (χ0) is 20.8. The van der Waals surface area contributed by atoms with E-state index in [1.807, 2.05) is 19.1 Å². The van der Waals surface area contributed by atoms with E-state index >= 15 is 0 Å². The molecule has 0 aromatic heterocycles. The highest BCUT2D eigenvalue weighted by Gasteiger charge is 2.13. The Balaban J connectivity index is 1.75. The molecule has 0 aliphatic heterocycles. The van der Waals surface area contributed by atoms with Gasteiger partial charge in [0.25, 0.3) is 0 Å². The third kappa shape index (κ3) is 5.85. The maximum atomic E-state index is 13.4. The molecule has 5 heteroatoms. The van der Waals surface area contributed by atoms with Gasteiger partial charge in [0.05, 0.1) is 10.2 Å². The summed E-state index contributed by atoms with van der Waals surface area (Å²) < 4.78 is 26.2. The van der Waals surface area contributed by atoms with E-state index in [1.54, 1.807) is 6.07 Å². The number of hydrogen-bond donors (Lipinski definition) is 1. The molecule has 0 aliphatic rings. The van der Waals surface area contributed by atoms with Crippen molar-refractivity contribution >= 4 is 28.3 Å². The molecule has 0 saturated heterocycles. The average Bonchev–Trinajstić information content (AvgIpc) is 2.68. The van der Waals surface area contributed by atoms with Crippen LogP contribution < -0.4 is 14.8 Å². The molecule has 3 aromatic rings. The van der Waals surface area contributed by atoms with Crippen molar-refractivity contribution in [1.82, 2.24) is 0 Å². The first kappa shape index (κ1) is 21.4. The summed E-state index contributed by atoms with van der Waals surface area (Å²) >= 11 is 2.26. The molecule has 152 valence electrons. The lowest BCUT2D eigenvalue weighted by Gasteiger charge is -2.16. The van der Waals surface area contributed by atoms with Crippen LogP contribution in [-0.2, 0) is 13.2 Å². The van der Waals surface area contributed by atoms with Crippen LogP contribution in [0.1, 0.15) is 29.2 Å². The number of benzene rings is 3. The second-order valence-corrected chi connectivity index (χ2v) is 8.07. The Morgan fingerprint density at radius 2 is 1.76 bits per heavy atom. The minimum Gasteiger partial charge on any atom is -0.490 e. The first-order valence-electron chi connectivity index (χ1n) is 9.60. The molecule has 0 heterocycles. The van der Waals surface area contributed by atoms with Gasteiger partial charge >= 0.3 is 0 Å². The van der Waals surface area contributed by atoms with Gasteiger partial charge in [-0.2, -0.15) is 0 Å². The van der Waals surface area contributed by atoms with Crippen molar-refractivity contribution in [3.8, 4) is 11.5 Å². The smallest absolute Gasteiger partial charge is 0.174 e. The molecule has 0 radical (unpaired) electrons. The molecule has 0 bridgehead atoms. The highest BCUT2D eigenvalue weighted by atomic mass is 127. The molecule has 3 aromatic carbocycles. The quantitative estimate of drug-likeness (QED) is 0.349. The minimum absolute atomic E-state index is 0.265. The highest BCUT2D eigenvalue weighted by Crippen LogP contribution is 2.35. The number of nitrogens with one attached hydrogen (secondary N) is 1. The van der Waals surface area contributed by atoms with Crippen molar-refractivity contribution in [2.75, 3.05) is 11.9 Å². The Morgan fingerprint density at radius 1 is 0.931 bits per heavy atom. The Morgan fingerprint density at radius 3 is 2.48 bits per heavy atom. The van der Waals surface area contributed by atoms with Crippen LogP contribution in [0.25, 0.3) is 0 Å². The number of anilines is 1. The highest BCUT2D eigenvalue weighted by molar-refractivity contribution is 14.1. The van der Waals surface area contributed by atoms with Crippen LogP contribution in [0.3, 0.4) is 0 Å². The van der Waals surface area contributed by atoms with Crippen molar-refractivity contribution in [3.05, 3.63) is 86.2 Å². The van der Waals surface area contributed by atoms with E-state index in [1.165, 1.54) is 23.3 Å². The lowest BCUT2D eigenvalue weighted by atomic mass is 10.1. The van der Waals surface area contributed by atoms with Crippen LogP contribution in [0.4, 0.5) is 10.1 Å². The van der Waals surface area contributed by atoms with Crippen molar-refractivity contribution in [2.24, 2.45) is 0 Å². The third-order valence-corrected chi connectivity index (χ3v) is 5.45.